The number of aromatic nitrogens is 1. The van der Waals surface area contributed by atoms with E-state index in [2.05, 4.69) is 23.2 Å². The van der Waals surface area contributed by atoms with Gasteiger partial charge in [0.05, 0.1) is 6.61 Å². The standard InChI is InChI=1S/C22H23ClN2O2/c1-2-27-22(26)25-12-9-15(10-13-25)18-7-6-17(23)14-16-5-8-20-19(21(16)18)4-3-11-24-20/h3-4,6-7,11,14H,2,5,8-10,12-13H2,1H3. The number of hydrogen-bond donors (Lipinski definition) is 0. The van der Waals surface area contributed by atoms with E-state index in [0.29, 0.717) is 19.7 Å². The highest BCUT2D eigenvalue weighted by Crippen LogP contribution is 2.41. The van der Waals surface area contributed by atoms with Crippen LogP contribution in [0.4, 0.5) is 4.79 Å². The average Bonchev–Trinajstić information content (AvgIpc) is 2.87. The summed E-state index contributed by atoms with van der Waals surface area (Å²) < 4.78 is 5.14. The fraction of sp³-hybridized carbons (Fsp3) is 0.364. The third kappa shape index (κ3) is 3.59. The molecule has 27 heavy (non-hydrogen) atoms. The van der Waals surface area contributed by atoms with Crippen molar-refractivity contribution >= 4 is 23.3 Å². The van der Waals surface area contributed by atoms with Crippen molar-refractivity contribution in [2.24, 2.45) is 0 Å². The lowest BCUT2D eigenvalue weighted by Gasteiger charge is -2.30. The number of amides is 1. The summed E-state index contributed by atoms with van der Waals surface area (Å²) in [6, 6.07) is 4.16. The fourth-order valence-electron chi connectivity index (χ4n) is 4.08. The number of rotatable bonds is 1. The number of halogens is 1. The Morgan fingerprint density at radius 3 is 2.81 bits per heavy atom. The highest BCUT2D eigenvalue weighted by Gasteiger charge is 2.27. The molecule has 2 heterocycles. The Bertz CT molecular complexity index is 885. The predicted molar refractivity (Wildman–Crippen MR) is 107 cm³/mol. The maximum absolute atomic E-state index is 12.0. The van der Waals surface area contributed by atoms with Gasteiger partial charge < -0.3 is 9.64 Å². The maximum atomic E-state index is 12.0. The van der Waals surface area contributed by atoms with E-state index in [9.17, 15) is 4.79 Å². The number of piperidine rings is 1. The van der Waals surface area contributed by atoms with E-state index in [1.165, 1.54) is 27.9 Å². The molecule has 140 valence electrons. The van der Waals surface area contributed by atoms with Crippen LogP contribution in [-0.4, -0.2) is 35.7 Å². The molecule has 1 aliphatic heterocycles. The minimum absolute atomic E-state index is 0.213. The van der Waals surface area contributed by atoms with Gasteiger partial charge in [-0.2, -0.15) is 0 Å². The van der Waals surface area contributed by atoms with Crippen LogP contribution in [0, 0.1) is 0 Å². The van der Waals surface area contributed by atoms with Crippen LogP contribution in [0.1, 0.15) is 37.4 Å². The highest BCUT2D eigenvalue weighted by molar-refractivity contribution is 6.31. The van der Waals surface area contributed by atoms with Gasteiger partial charge in [0.15, 0.2) is 0 Å². The molecule has 0 unspecified atom stereocenters. The monoisotopic (exact) mass is 382 g/mol. The number of aryl methyl sites for hydroxylation is 1. The highest BCUT2D eigenvalue weighted by atomic mass is 35.5. The topological polar surface area (TPSA) is 42.4 Å². The molecule has 2 aliphatic carbocycles. The number of ether oxygens (including phenoxy) is 1. The molecule has 0 aromatic carbocycles. The third-order valence-corrected chi connectivity index (χ3v) is 5.61. The van der Waals surface area contributed by atoms with Crippen LogP contribution in [0.15, 0.2) is 58.3 Å². The van der Waals surface area contributed by atoms with Crippen LogP contribution in [-0.2, 0) is 11.2 Å². The average molecular weight is 383 g/mol. The number of carbonyl (C=O) groups is 1. The van der Waals surface area contributed by atoms with Gasteiger partial charge in [-0.3, -0.25) is 4.98 Å². The van der Waals surface area contributed by atoms with E-state index in [4.69, 9.17) is 16.3 Å². The number of pyridine rings is 1. The molecule has 0 radical (unpaired) electrons. The van der Waals surface area contributed by atoms with Crippen molar-refractivity contribution in [1.29, 1.82) is 0 Å². The van der Waals surface area contributed by atoms with Crippen LogP contribution in [0.2, 0.25) is 0 Å². The molecule has 0 N–H and O–H groups in total. The van der Waals surface area contributed by atoms with E-state index in [0.717, 1.165) is 36.4 Å². The first-order valence-corrected chi connectivity index (χ1v) is 9.92. The van der Waals surface area contributed by atoms with E-state index < -0.39 is 0 Å². The van der Waals surface area contributed by atoms with Crippen molar-refractivity contribution in [2.75, 3.05) is 19.7 Å². The van der Waals surface area contributed by atoms with Crippen molar-refractivity contribution in [2.45, 2.75) is 32.6 Å². The number of nitrogens with zero attached hydrogens (tertiary/aromatic N) is 2. The van der Waals surface area contributed by atoms with Gasteiger partial charge in [0.2, 0.25) is 0 Å². The van der Waals surface area contributed by atoms with E-state index >= 15 is 0 Å². The Labute approximate surface area is 164 Å². The first-order valence-electron chi connectivity index (χ1n) is 9.54. The predicted octanol–water partition coefficient (Wildman–Crippen LogP) is 5.02. The summed E-state index contributed by atoms with van der Waals surface area (Å²) in [6.45, 7) is 3.63. The summed E-state index contributed by atoms with van der Waals surface area (Å²) >= 11 is 6.40. The molecule has 1 amide bonds. The number of allylic oxidation sites excluding steroid dienone is 7. The number of fused-ring (bicyclic) bond motifs is 2. The van der Waals surface area contributed by atoms with E-state index in [-0.39, 0.29) is 6.09 Å². The SMILES string of the molecule is CCOC(=O)N1CCC(=C2C=CC(Cl)=CC3=C2c2cccnc2CC3)CC1. The summed E-state index contributed by atoms with van der Waals surface area (Å²) in [5, 5.41) is 0.759. The molecule has 0 atom stereocenters. The maximum Gasteiger partial charge on any atom is 0.409 e. The Morgan fingerprint density at radius 2 is 2.04 bits per heavy atom. The van der Waals surface area contributed by atoms with Gasteiger partial charge in [0.1, 0.15) is 0 Å². The van der Waals surface area contributed by atoms with Gasteiger partial charge in [-0.15, -0.1) is 0 Å². The van der Waals surface area contributed by atoms with Gasteiger partial charge >= 0.3 is 6.09 Å². The summed E-state index contributed by atoms with van der Waals surface area (Å²) in [6.07, 6.45) is 11.4. The van der Waals surface area contributed by atoms with Crippen molar-refractivity contribution in [3.05, 3.63) is 69.6 Å². The molecular formula is C22H23ClN2O2. The zero-order valence-electron chi connectivity index (χ0n) is 15.5. The second-order valence-corrected chi connectivity index (χ2v) is 7.40. The van der Waals surface area contributed by atoms with Crippen LogP contribution < -0.4 is 0 Å². The Hall–Kier alpha value is -2.33. The first-order chi connectivity index (χ1) is 13.2. The van der Waals surface area contributed by atoms with Gasteiger partial charge in [-0.1, -0.05) is 29.3 Å². The van der Waals surface area contributed by atoms with Crippen LogP contribution in [0.25, 0.3) is 5.57 Å². The molecule has 0 spiro atoms. The molecule has 4 nitrogen and oxygen atoms in total. The molecule has 5 heteroatoms. The first kappa shape index (κ1) is 18.1. The van der Waals surface area contributed by atoms with Gasteiger partial charge in [0.25, 0.3) is 0 Å². The molecule has 4 rings (SSSR count). The summed E-state index contributed by atoms with van der Waals surface area (Å²) in [5.74, 6) is 0. The summed E-state index contributed by atoms with van der Waals surface area (Å²) in [4.78, 5) is 18.4. The molecular weight excluding hydrogens is 360 g/mol. The van der Waals surface area contributed by atoms with Crippen LogP contribution >= 0.6 is 11.6 Å². The molecule has 0 saturated carbocycles. The van der Waals surface area contributed by atoms with Crippen LogP contribution in [0.3, 0.4) is 0 Å². The lowest BCUT2D eigenvalue weighted by atomic mass is 9.81. The zero-order chi connectivity index (χ0) is 18.8. The van der Waals surface area contributed by atoms with Gasteiger partial charge in [-0.25, -0.2) is 4.79 Å². The lowest BCUT2D eigenvalue weighted by Crippen LogP contribution is -2.37. The Balaban J connectivity index is 1.71. The largest absolute Gasteiger partial charge is 0.450 e. The molecule has 3 aliphatic rings. The summed E-state index contributed by atoms with van der Waals surface area (Å²) in [7, 11) is 0. The summed E-state index contributed by atoms with van der Waals surface area (Å²) in [5.41, 5.74) is 7.52. The fourth-order valence-corrected chi connectivity index (χ4v) is 4.27. The van der Waals surface area contributed by atoms with Gasteiger partial charge in [0, 0.05) is 35.6 Å². The minimum atomic E-state index is -0.213. The Morgan fingerprint density at radius 1 is 1.22 bits per heavy atom. The smallest absolute Gasteiger partial charge is 0.409 e. The van der Waals surface area contributed by atoms with Crippen molar-refractivity contribution in [1.82, 2.24) is 9.88 Å². The number of hydrogen-bond acceptors (Lipinski definition) is 3. The Kier molecular flexibility index (Phi) is 5.17. The molecule has 1 aromatic heterocycles. The van der Waals surface area contributed by atoms with E-state index in [1.54, 1.807) is 4.90 Å². The van der Waals surface area contributed by atoms with Crippen molar-refractivity contribution < 1.29 is 9.53 Å². The molecule has 1 saturated heterocycles. The van der Waals surface area contributed by atoms with Crippen molar-refractivity contribution in [3.63, 3.8) is 0 Å². The number of carbonyl (C=O) groups excluding carboxylic acids is 1. The molecule has 1 aromatic rings. The number of likely N-dealkylation sites (tertiary alicyclic amines) is 1. The van der Waals surface area contributed by atoms with E-state index in [1.807, 2.05) is 25.3 Å². The van der Waals surface area contributed by atoms with Gasteiger partial charge in [-0.05, 0) is 67.5 Å². The molecule has 0 bridgehead atoms. The lowest BCUT2D eigenvalue weighted by molar-refractivity contribution is 0.104. The minimum Gasteiger partial charge on any atom is -0.450 e. The third-order valence-electron chi connectivity index (χ3n) is 5.38. The second kappa shape index (κ2) is 7.73. The molecule has 1 fully saturated rings. The van der Waals surface area contributed by atoms with Crippen LogP contribution in [0.5, 0.6) is 0 Å². The van der Waals surface area contributed by atoms with Crippen molar-refractivity contribution in [3.8, 4) is 0 Å². The quantitative estimate of drug-likeness (QED) is 0.684. The normalized spacial score (nSPS) is 19.3. The zero-order valence-corrected chi connectivity index (χ0v) is 16.3. The second-order valence-electron chi connectivity index (χ2n) is 6.96.